The van der Waals surface area contributed by atoms with Gasteiger partial charge in [-0.25, -0.2) is 0 Å². The zero-order valence-electron chi connectivity index (χ0n) is 38.8. The van der Waals surface area contributed by atoms with Crippen LogP contribution in [0.2, 0.25) is 0 Å². The van der Waals surface area contributed by atoms with Crippen molar-refractivity contribution < 1.29 is 0 Å². The molecule has 0 N–H and O–H groups in total. The van der Waals surface area contributed by atoms with E-state index >= 15 is 0 Å². The van der Waals surface area contributed by atoms with Gasteiger partial charge < -0.3 is 14.0 Å². The highest BCUT2D eigenvalue weighted by Gasteiger charge is 2.19. The molecular weight excluding hydrogens is 859 g/mol. The maximum absolute atomic E-state index is 2.42. The molecule has 2 heterocycles. The van der Waals surface area contributed by atoms with Gasteiger partial charge in [-0.2, -0.15) is 0 Å². The van der Waals surface area contributed by atoms with E-state index < -0.39 is 0 Å². The Morgan fingerprint density at radius 3 is 1.31 bits per heavy atom. The van der Waals surface area contributed by atoms with E-state index in [1.165, 1.54) is 87.4 Å². The summed E-state index contributed by atoms with van der Waals surface area (Å²) in [6.07, 6.45) is 0. The lowest BCUT2D eigenvalue weighted by atomic mass is 9.92. The summed E-state index contributed by atoms with van der Waals surface area (Å²) in [6, 6.07) is 99.9. The summed E-state index contributed by atoms with van der Waals surface area (Å²) < 4.78 is 4.81. The van der Waals surface area contributed by atoms with Gasteiger partial charge in [-0.1, -0.05) is 158 Å². The highest BCUT2D eigenvalue weighted by molar-refractivity contribution is 6.15. The summed E-state index contributed by atoms with van der Waals surface area (Å²) in [6.45, 7) is 0. The first-order chi connectivity index (χ1) is 35.2. The molecule has 0 bridgehead atoms. The first kappa shape index (κ1) is 40.6. The molecule has 0 aliphatic rings. The van der Waals surface area contributed by atoms with E-state index in [1.54, 1.807) is 0 Å². The Hall–Kier alpha value is -9.44. The fraction of sp³-hybridized carbons (Fsp3) is 0. The highest BCUT2D eigenvalue weighted by atomic mass is 15.1. The molecule has 0 atom stereocenters. The second kappa shape index (κ2) is 16.7. The molecule has 14 aromatic rings. The largest absolute Gasteiger partial charge is 0.310 e. The van der Waals surface area contributed by atoms with E-state index in [1.807, 2.05) is 0 Å². The molecule has 3 heteroatoms. The summed E-state index contributed by atoms with van der Waals surface area (Å²) in [5.41, 5.74) is 17.4. The zero-order chi connectivity index (χ0) is 46.8. The fourth-order valence-electron chi connectivity index (χ4n) is 11.1. The van der Waals surface area contributed by atoms with Crippen molar-refractivity contribution >= 4 is 82.2 Å². The number of nitrogens with zero attached hydrogens (tertiary/aromatic N) is 3. The fourth-order valence-corrected chi connectivity index (χ4v) is 11.1. The van der Waals surface area contributed by atoms with Crippen molar-refractivity contribution in [3.8, 4) is 44.8 Å². The van der Waals surface area contributed by atoms with Gasteiger partial charge in [-0.05, 0) is 165 Å². The molecule has 3 nitrogen and oxygen atoms in total. The van der Waals surface area contributed by atoms with Crippen molar-refractivity contribution in [2.45, 2.75) is 0 Å². The first-order valence-corrected chi connectivity index (χ1v) is 24.4. The molecule has 0 aliphatic carbocycles. The third kappa shape index (κ3) is 6.89. The molecular formula is C68H45N3. The second-order valence-electron chi connectivity index (χ2n) is 18.6. The summed E-state index contributed by atoms with van der Waals surface area (Å²) >= 11 is 0. The van der Waals surface area contributed by atoms with Gasteiger partial charge in [-0.15, -0.1) is 0 Å². The molecule has 2 aromatic heterocycles. The SMILES string of the molecule is c1ccc(N(c2ccc(-c3cc(-c4ccc5c(c4)c4ccccc4n5-c4ccccc4)cc(-c4ccc5c(c4)c4cc6ccccc6cc4n5-c4ccccc4)c3)cc2)c2cccc3ccccc23)cc1. The molecule has 14 rings (SSSR count). The maximum Gasteiger partial charge on any atom is 0.0547 e. The summed E-state index contributed by atoms with van der Waals surface area (Å²) in [4.78, 5) is 2.37. The molecule has 332 valence electrons. The molecule has 0 saturated heterocycles. The normalized spacial score (nSPS) is 11.7. The number of aromatic nitrogens is 2. The molecule has 71 heavy (non-hydrogen) atoms. The quantitative estimate of drug-likeness (QED) is 0.148. The Balaban J connectivity index is 0.962. The van der Waals surface area contributed by atoms with Crippen molar-refractivity contribution in [3.63, 3.8) is 0 Å². The van der Waals surface area contributed by atoms with E-state index in [9.17, 15) is 0 Å². The van der Waals surface area contributed by atoms with Gasteiger partial charge >= 0.3 is 0 Å². The zero-order valence-corrected chi connectivity index (χ0v) is 38.8. The molecule has 0 amide bonds. The maximum atomic E-state index is 2.42. The number of fused-ring (bicyclic) bond motifs is 8. The highest BCUT2D eigenvalue weighted by Crippen LogP contribution is 2.43. The number of hydrogen-bond donors (Lipinski definition) is 0. The standard InChI is InChI=1S/C68H45N3/c1-4-21-55(22-5-1)69(64-30-16-20-47-17-12-13-27-59(47)64)58-35-31-46(32-36-58)52-39-53(50-33-37-66-61(43-50)60-28-14-15-29-65(60)70(66)56-23-6-2-7-24-56)41-54(40-52)51-34-38-67-62(44-51)63-42-48-18-10-11-19-49(48)45-68(63)71(67)57-25-8-3-9-26-57/h1-45H. The molecule has 0 fully saturated rings. The molecule has 0 aliphatic heterocycles. The van der Waals surface area contributed by atoms with E-state index in [4.69, 9.17) is 0 Å². The van der Waals surface area contributed by atoms with Crippen LogP contribution in [0.5, 0.6) is 0 Å². The number of rotatable bonds is 8. The van der Waals surface area contributed by atoms with Gasteiger partial charge in [0.15, 0.2) is 0 Å². The minimum absolute atomic E-state index is 1.10. The lowest BCUT2D eigenvalue weighted by Gasteiger charge is -2.27. The van der Waals surface area contributed by atoms with Crippen LogP contribution in [0.4, 0.5) is 17.1 Å². The number of benzene rings is 12. The number of anilines is 3. The van der Waals surface area contributed by atoms with E-state index in [-0.39, 0.29) is 0 Å². The Kier molecular flexibility index (Phi) is 9.53. The minimum atomic E-state index is 1.10. The first-order valence-electron chi connectivity index (χ1n) is 24.4. The van der Waals surface area contributed by atoms with Crippen LogP contribution in [0, 0.1) is 0 Å². The van der Waals surface area contributed by atoms with Crippen LogP contribution in [0.15, 0.2) is 273 Å². The van der Waals surface area contributed by atoms with E-state index in [0.717, 1.165) is 39.6 Å². The van der Waals surface area contributed by atoms with Gasteiger partial charge in [0.25, 0.3) is 0 Å². The van der Waals surface area contributed by atoms with E-state index in [0.29, 0.717) is 0 Å². The van der Waals surface area contributed by atoms with Gasteiger partial charge in [-0.3, -0.25) is 0 Å². The van der Waals surface area contributed by atoms with Crippen LogP contribution in [0.25, 0.3) is 110 Å². The predicted molar refractivity (Wildman–Crippen MR) is 301 cm³/mol. The summed E-state index contributed by atoms with van der Waals surface area (Å²) in [7, 11) is 0. The monoisotopic (exact) mass is 903 g/mol. The van der Waals surface area contributed by atoms with Crippen molar-refractivity contribution in [2.24, 2.45) is 0 Å². The average molecular weight is 904 g/mol. The smallest absolute Gasteiger partial charge is 0.0547 e. The third-order valence-corrected chi connectivity index (χ3v) is 14.4. The van der Waals surface area contributed by atoms with Crippen molar-refractivity contribution in [2.75, 3.05) is 4.90 Å². The van der Waals surface area contributed by atoms with Crippen LogP contribution >= 0.6 is 0 Å². The van der Waals surface area contributed by atoms with Crippen molar-refractivity contribution in [3.05, 3.63) is 273 Å². The Morgan fingerprint density at radius 2 is 0.662 bits per heavy atom. The average Bonchev–Trinajstić information content (AvgIpc) is 3.95. The van der Waals surface area contributed by atoms with E-state index in [2.05, 4.69) is 287 Å². The molecule has 0 spiro atoms. The molecule has 0 unspecified atom stereocenters. The molecule has 12 aromatic carbocycles. The van der Waals surface area contributed by atoms with Gasteiger partial charge in [0, 0.05) is 49.7 Å². The van der Waals surface area contributed by atoms with Crippen molar-refractivity contribution in [1.82, 2.24) is 9.13 Å². The number of para-hydroxylation sites is 4. The minimum Gasteiger partial charge on any atom is -0.310 e. The van der Waals surface area contributed by atoms with Gasteiger partial charge in [0.1, 0.15) is 0 Å². The number of hydrogen-bond acceptors (Lipinski definition) is 1. The predicted octanol–water partition coefficient (Wildman–Crippen LogP) is 18.7. The van der Waals surface area contributed by atoms with Crippen LogP contribution in [-0.4, -0.2) is 9.13 Å². The lowest BCUT2D eigenvalue weighted by Crippen LogP contribution is -2.10. The van der Waals surface area contributed by atoms with Crippen LogP contribution in [0.3, 0.4) is 0 Å². The summed E-state index contributed by atoms with van der Waals surface area (Å²) in [5.74, 6) is 0. The van der Waals surface area contributed by atoms with Crippen LogP contribution in [0.1, 0.15) is 0 Å². The van der Waals surface area contributed by atoms with Gasteiger partial charge in [0.05, 0.1) is 27.8 Å². The lowest BCUT2D eigenvalue weighted by molar-refractivity contribution is 1.18. The van der Waals surface area contributed by atoms with Crippen LogP contribution in [-0.2, 0) is 0 Å². The Bertz CT molecular complexity index is 4310. The Labute approximate surface area is 412 Å². The third-order valence-electron chi connectivity index (χ3n) is 14.4. The molecule has 0 radical (unpaired) electrons. The molecule has 0 saturated carbocycles. The van der Waals surface area contributed by atoms with Crippen molar-refractivity contribution in [1.29, 1.82) is 0 Å². The van der Waals surface area contributed by atoms with Gasteiger partial charge in [0.2, 0.25) is 0 Å². The second-order valence-corrected chi connectivity index (χ2v) is 18.6. The van der Waals surface area contributed by atoms with Crippen LogP contribution < -0.4 is 4.90 Å². The summed E-state index contributed by atoms with van der Waals surface area (Å²) in [5, 5.41) is 9.83. The topological polar surface area (TPSA) is 13.1 Å². The Morgan fingerprint density at radius 1 is 0.225 bits per heavy atom.